The van der Waals surface area contributed by atoms with Crippen LogP contribution in [0, 0.1) is 6.08 Å². The molecular formula is C16H24FN6O7P. The van der Waals surface area contributed by atoms with Gasteiger partial charge in [0.25, 0.3) is 0 Å². The molecule has 2 aliphatic heterocycles. The Labute approximate surface area is 176 Å². The quantitative estimate of drug-likeness (QED) is 0.248. The third kappa shape index (κ3) is 4.32. The van der Waals surface area contributed by atoms with E-state index in [1.54, 1.807) is 13.8 Å². The molecule has 13 nitrogen and oxygen atoms in total. The third-order valence-electron chi connectivity index (χ3n) is 4.96. The van der Waals surface area contributed by atoms with Crippen LogP contribution in [0.15, 0.2) is 6.33 Å². The van der Waals surface area contributed by atoms with Gasteiger partial charge in [0.05, 0.1) is 0 Å². The number of aliphatic hydroxyl groups is 1. The van der Waals surface area contributed by atoms with Gasteiger partial charge in [-0.2, -0.15) is 0 Å². The van der Waals surface area contributed by atoms with Crippen LogP contribution in [-0.2, 0) is 23.3 Å². The van der Waals surface area contributed by atoms with Gasteiger partial charge in [-0.25, -0.2) is 0 Å². The first-order valence-corrected chi connectivity index (χ1v) is 11.4. The number of halogens is 1. The maximum atomic E-state index is 13.6. The second-order valence-corrected chi connectivity index (χ2v) is 9.29. The van der Waals surface area contributed by atoms with E-state index in [0.29, 0.717) is 0 Å². The van der Waals surface area contributed by atoms with Crippen molar-refractivity contribution in [2.45, 2.75) is 50.8 Å². The molecule has 2 saturated heterocycles. The van der Waals surface area contributed by atoms with Crippen LogP contribution in [0.3, 0.4) is 0 Å². The molecule has 4 rings (SSSR count). The molecule has 31 heavy (non-hydrogen) atoms. The van der Waals surface area contributed by atoms with Crippen molar-refractivity contribution >= 4 is 31.0 Å². The Hall–Kier alpha value is -2.06. The van der Waals surface area contributed by atoms with Crippen LogP contribution >= 0.6 is 8.09 Å². The zero-order chi connectivity index (χ0) is 22.3. The van der Waals surface area contributed by atoms with Gasteiger partial charge in [0.1, 0.15) is 0 Å². The number of nitrogens with one attached hydrogen (secondary N) is 1. The molecule has 2 aromatic heterocycles. The van der Waals surface area contributed by atoms with Crippen LogP contribution in [0.4, 0.5) is 10.2 Å². The number of aliphatic hydroxyl groups excluding tert-OH is 1. The van der Waals surface area contributed by atoms with Crippen molar-refractivity contribution in [3.05, 3.63) is 12.4 Å². The fraction of sp³-hybridized carbons (Fsp3) is 0.625. The maximum absolute atomic E-state index is 13.6. The van der Waals surface area contributed by atoms with Gasteiger partial charge < -0.3 is 0 Å². The van der Waals surface area contributed by atoms with E-state index in [-0.39, 0.29) is 42.6 Å². The molecule has 0 unspecified atom stereocenters. The summed E-state index contributed by atoms with van der Waals surface area (Å²) in [5, 5.41) is 13.6. The van der Waals surface area contributed by atoms with Crippen LogP contribution in [0.25, 0.3) is 11.2 Å². The molecule has 0 radical (unpaired) electrons. The fourth-order valence-corrected chi connectivity index (χ4v) is 5.46. The number of hydrogen-bond donors (Lipinski definition) is 4. The summed E-state index contributed by atoms with van der Waals surface area (Å²) in [7, 11) is -3.91. The number of nitrogens with zero attached hydrogens (tertiary/aromatic N) is 4. The Balaban J connectivity index is 1.47. The minimum atomic E-state index is -3.91. The summed E-state index contributed by atoms with van der Waals surface area (Å²) in [6.45, 7) is 3.31. The molecule has 0 bridgehead atoms. The first-order valence-electron chi connectivity index (χ1n) is 9.67. The van der Waals surface area contributed by atoms with Gasteiger partial charge in [0.15, 0.2) is 0 Å². The van der Waals surface area contributed by atoms with Crippen molar-refractivity contribution in [2.24, 2.45) is 0 Å². The summed E-state index contributed by atoms with van der Waals surface area (Å²) >= 11 is 0. The van der Waals surface area contributed by atoms with Crippen molar-refractivity contribution in [1.29, 1.82) is 0 Å². The van der Waals surface area contributed by atoms with Crippen molar-refractivity contribution in [3.63, 3.8) is 0 Å². The van der Waals surface area contributed by atoms with Gasteiger partial charge >= 0.3 is 176 Å². The van der Waals surface area contributed by atoms with Crippen molar-refractivity contribution < 1.29 is 37.7 Å². The summed E-state index contributed by atoms with van der Waals surface area (Å²) in [6.07, 6.45) is -3.43. The van der Waals surface area contributed by atoms with E-state index in [4.69, 9.17) is 24.3 Å². The van der Waals surface area contributed by atoms with Crippen molar-refractivity contribution in [2.75, 3.05) is 18.9 Å². The monoisotopic (exact) mass is 462 g/mol. The van der Waals surface area contributed by atoms with Gasteiger partial charge in [-0.15, -0.1) is 0 Å². The van der Waals surface area contributed by atoms with Crippen LogP contribution in [0.1, 0.15) is 26.5 Å². The average Bonchev–Trinajstić information content (AvgIpc) is 3.27. The van der Waals surface area contributed by atoms with Crippen LogP contribution in [-0.4, -0.2) is 73.1 Å². The number of carbonyl (C=O) groups excluding carboxylic acids is 1. The van der Waals surface area contributed by atoms with Gasteiger partial charge in [-0.3, -0.25) is 0 Å². The average molecular weight is 462 g/mol. The Morgan fingerprint density at radius 3 is 3.06 bits per heavy atom. The minimum absolute atomic E-state index is 0.0121. The summed E-state index contributed by atoms with van der Waals surface area (Å²) in [6, 6.07) is -0.459. The van der Waals surface area contributed by atoms with Crippen molar-refractivity contribution in [1.82, 2.24) is 24.6 Å². The van der Waals surface area contributed by atoms with Crippen LogP contribution < -0.4 is 10.8 Å². The zero-order valence-electron chi connectivity index (χ0n) is 16.8. The molecule has 2 fully saturated rings. The topological polar surface area (TPSA) is 176 Å². The van der Waals surface area contributed by atoms with Gasteiger partial charge in [0.2, 0.25) is 0 Å². The molecule has 4 heterocycles. The van der Waals surface area contributed by atoms with Crippen LogP contribution in [0.5, 0.6) is 0 Å². The molecule has 2 aromatic rings. The summed E-state index contributed by atoms with van der Waals surface area (Å²) in [5.74, 6) is -0.516. The first-order chi connectivity index (χ1) is 14.7. The molecule has 2 aliphatic rings. The molecule has 15 heteroatoms. The van der Waals surface area contributed by atoms with E-state index in [1.165, 1.54) is 10.9 Å². The van der Waals surface area contributed by atoms with E-state index in [9.17, 15) is 19.2 Å². The van der Waals surface area contributed by atoms with E-state index in [0.717, 1.165) is 0 Å². The molecule has 0 spiro atoms. The number of hydrogen-bond acceptors (Lipinski definition) is 12. The molecule has 0 saturated carbocycles. The first kappa shape index (κ1) is 22.1. The molecule has 0 aliphatic carbocycles. The van der Waals surface area contributed by atoms with Gasteiger partial charge in [-0.05, 0) is 0 Å². The van der Waals surface area contributed by atoms with E-state index < -0.39 is 44.8 Å². The van der Waals surface area contributed by atoms with E-state index >= 15 is 0 Å². The predicted octanol–water partition coefficient (Wildman–Crippen LogP) is -0.445. The number of nitrogens with two attached hydrogens (primary N) is 1. The number of imidazole rings is 1. The summed E-state index contributed by atoms with van der Waals surface area (Å²) in [5.41, 5.74) is 5.88. The number of fused-ring (bicyclic) bond motifs is 2. The number of anilines is 1. The Morgan fingerprint density at radius 2 is 2.32 bits per heavy atom. The Morgan fingerprint density at radius 1 is 1.55 bits per heavy atom. The molecular weight excluding hydrogens is 438 g/mol. The molecule has 5 N–H and O–H groups in total. The second kappa shape index (κ2) is 8.47. The number of aromatic nitrogens is 4. The van der Waals surface area contributed by atoms with E-state index in [2.05, 4.69) is 20.0 Å². The van der Waals surface area contributed by atoms with Crippen molar-refractivity contribution in [3.8, 4) is 0 Å². The Bertz CT molecular complexity index is 981. The predicted molar refractivity (Wildman–Crippen MR) is 105 cm³/mol. The number of rotatable bonds is 6. The second-order valence-electron chi connectivity index (χ2n) is 7.31. The van der Waals surface area contributed by atoms with E-state index in [1.807, 2.05) is 0 Å². The number of esters is 1. The standard InChI is InChI=1S/C16H24FN6O7P/c1-3-9(24)27-4-7(2)22-31(26)28-5-8-12(30-31)11(25)15(29-8)23-6-19-10-13(18)20-16(17)21-14(10)23/h6-8,11-12,15,22,25-26,31H,3-5H2,1-2H3,(H2,18,20,21)/t7-,8+,11-,12+,15+/m0/s1. The number of ether oxygens (including phenoxy) is 2. The van der Waals surface area contributed by atoms with Crippen LogP contribution in [0.2, 0.25) is 0 Å². The third-order valence-corrected chi connectivity index (χ3v) is 6.96. The molecule has 0 aromatic carbocycles. The molecule has 5 atom stereocenters. The number of nitrogen functional groups attached to an aromatic ring is 1. The summed E-state index contributed by atoms with van der Waals surface area (Å²) < 4.78 is 37.0. The summed E-state index contributed by atoms with van der Waals surface area (Å²) in [4.78, 5) is 33.2. The number of carbonyl (C=O) groups is 1. The van der Waals surface area contributed by atoms with Gasteiger partial charge in [-0.1, -0.05) is 0 Å². The molecule has 0 amide bonds. The van der Waals surface area contributed by atoms with Gasteiger partial charge in [0, 0.05) is 0 Å². The fourth-order valence-electron chi connectivity index (χ4n) is 3.49. The SMILES string of the molecule is CCC(=O)OC[C@H](C)N[PH]1(O)OC[C@H]2O[C@@H](n3cnc4c(N)nc(F)nc43)[C@@H](O)[C@@H]2O1. The normalized spacial score (nSPS) is 29.5. The molecule has 172 valence electrons. The Kier molecular flexibility index (Phi) is 6.05. The zero-order valence-corrected chi connectivity index (χ0v) is 17.8.